The molecule has 0 spiro atoms. The highest BCUT2D eigenvalue weighted by atomic mass is 79.9. The average Bonchev–Trinajstić information content (AvgIpc) is 3.17. The zero-order chi connectivity index (χ0) is 21.1. The summed E-state index contributed by atoms with van der Waals surface area (Å²) in [5, 5.41) is 3.29. The van der Waals surface area contributed by atoms with Crippen molar-refractivity contribution < 1.29 is 8.42 Å². The Morgan fingerprint density at radius 2 is 1.70 bits per heavy atom. The molecule has 1 fully saturated rings. The topological polar surface area (TPSA) is 87.2 Å². The molecular formula is C20H22BrN5O2S2. The molecule has 0 unspecified atom stereocenters. The van der Waals surface area contributed by atoms with E-state index in [0.29, 0.717) is 5.69 Å². The van der Waals surface area contributed by atoms with Crippen LogP contribution in [0.15, 0.2) is 50.5 Å². The number of benzene rings is 1. The number of hydrogen-bond donors (Lipinski definition) is 2. The molecule has 158 valence electrons. The number of thiophene rings is 1. The molecule has 3 aromatic rings. The first kappa shape index (κ1) is 21.1. The number of nitrogens with one attached hydrogen (secondary N) is 2. The Kier molecular flexibility index (Phi) is 6.26. The largest absolute Gasteiger partial charge is 0.341 e. The van der Waals surface area contributed by atoms with E-state index in [9.17, 15) is 8.42 Å². The first-order chi connectivity index (χ1) is 14.4. The van der Waals surface area contributed by atoms with Crippen LogP contribution in [-0.2, 0) is 10.0 Å². The summed E-state index contributed by atoms with van der Waals surface area (Å²) in [4.78, 5) is 11.5. The van der Waals surface area contributed by atoms with Crippen LogP contribution >= 0.6 is 27.3 Å². The molecule has 2 N–H and O–H groups in total. The Labute approximate surface area is 188 Å². The molecular weight excluding hydrogens is 486 g/mol. The molecule has 1 saturated heterocycles. The lowest BCUT2D eigenvalue weighted by Gasteiger charge is -2.27. The maximum Gasteiger partial charge on any atom is 0.271 e. The van der Waals surface area contributed by atoms with E-state index < -0.39 is 10.0 Å². The van der Waals surface area contributed by atoms with Crippen molar-refractivity contribution >= 4 is 60.4 Å². The van der Waals surface area contributed by atoms with E-state index in [-0.39, 0.29) is 4.21 Å². The normalized spacial score (nSPS) is 14.5. The molecule has 0 saturated carbocycles. The quantitative estimate of drug-likeness (QED) is 0.479. The molecule has 1 aliphatic heterocycles. The number of anilines is 4. The second-order valence-corrected chi connectivity index (χ2v) is 11.5. The third-order valence-electron chi connectivity index (χ3n) is 4.70. The average molecular weight is 508 g/mol. The van der Waals surface area contributed by atoms with E-state index in [1.165, 1.54) is 30.6 Å². The predicted octanol–water partition coefficient (Wildman–Crippen LogP) is 5.14. The van der Waals surface area contributed by atoms with Gasteiger partial charge in [0, 0.05) is 36.2 Å². The summed E-state index contributed by atoms with van der Waals surface area (Å²) in [5.41, 5.74) is 2.22. The van der Waals surface area contributed by atoms with Gasteiger partial charge in [-0.05, 0) is 78.5 Å². The monoisotopic (exact) mass is 507 g/mol. The van der Waals surface area contributed by atoms with Crippen molar-refractivity contribution in [1.29, 1.82) is 0 Å². The van der Waals surface area contributed by atoms with Crippen molar-refractivity contribution in [2.24, 2.45) is 0 Å². The fourth-order valence-corrected chi connectivity index (χ4v) is 6.34. The van der Waals surface area contributed by atoms with Crippen LogP contribution < -0.4 is 14.9 Å². The highest BCUT2D eigenvalue weighted by Gasteiger charge is 2.17. The Balaban J connectivity index is 1.46. The van der Waals surface area contributed by atoms with Gasteiger partial charge >= 0.3 is 0 Å². The van der Waals surface area contributed by atoms with Crippen LogP contribution in [0.2, 0.25) is 0 Å². The minimum absolute atomic E-state index is 0.262. The van der Waals surface area contributed by atoms with Crippen LogP contribution in [0.4, 0.5) is 23.1 Å². The molecule has 1 aliphatic rings. The van der Waals surface area contributed by atoms with Crippen molar-refractivity contribution in [3.8, 4) is 0 Å². The highest BCUT2D eigenvalue weighted by molar-refractivity contribution is 9.11. The van der Waals surface area contributed by atoms with Gasteiger partial charge in [-0.3, -0.25) is 4.72 Å². The maximum atomic E-state index is 12.5. The maximum absolute atomic E-state index is 12.5. The summed E-state index contributed by atoms with van der Waals surface area (Å²) in [6.07, 6.45) is 3.59. The Hall–Kier alpha value is -2.17. The number of aryl methyl sites for hydroxylation is 1. The lowest BCUT2D eigenvalue weighted by Crippen LogP contribution is -2.31. The molecule has 3 heterocycles. The van der Waals surface area contributed by atoms with Crippen LogP contribution in [0.25, 0.3) is 0 Å². The van der Waals surface area contributed by atoms with E-state index in [4.69, 9.17) is 0 Å². The molecule has 0 radical (unpaired) electrons. The van der Waals surface area contributed by atoms with Crippen LogP contribution in [0, 0.1) is 6.92 Å². The summed E-state index contributed by atoms with van der Waals surface area (Å²) in [6, 6.07) is 12.3. The van der Waals surface area contributed by atoms with Gasteiger partial charge < -0.3 is 10.2 Å². The molecule has 10 heteroatoms. The smallest absolute Gasteiger partial charge is 0.271 e. The van der Waals surface area contributed by atoms with Gasteiger partial charge in [-0.15, -0.1) is 11.3 Å². The SMILES string of the molecule is Cc1cc(Nc2ccc(NS(=O)(=O)c3ccc(Br)s3)cc2)nc(N2CCCCC2)n1. The van der Waals surface area contributed by atoms with Crippen molar-refractivity contribution in [3.05, 3.63) is 51.9 Å². The van der Waals surface area contributed by atoms with Crippen molar-refractivity contribution in [3.63, 3.8) is 0 Å². The molecule has 0 bridgehead atoms. The number of piperidine rings is 1. The molecule has 2 aromatic heterocycles. The van der Waals surface area contributed by atoms with Crippen LogP contribution in [0.5, 0.6) is 0 Å². The molecule has 0 atom stereocenters. The van der Waals surface area contributed by atoms with E-state index in [1.54, 1.807) is 24.3 Å². The fourth-order valence-electron chi connectivity index (χ4n) is 3.27. The zero-order valence-corrected chi connectivity index (χ0v) is 19.6. The summed E-state index contributed by atoms with van der Waals surface area (Å²) in [6.45, 7) is 3.93. The lowest BCUT2D eigenvalue weighted by molar-refractivity contribution is 0.568. The Bertz CT molecular complexity index is 1130. The Morgan fingerprint density at radius 3 is 2.37 bits per heavy atom. The van der Waals surface area contributed by atoms with Gasteiger partial charge in [0.15, 0.2) is 0 Å². The summed E-state index contributed by atoms with van der Waals surface area (Å²) < 4.78 is 28.5. The second-order valence-electron chi connectivity index (χ2n) is 7.11. The number of sulfonamides is 1. The predicted molar refractivity (Wildman–Crippen MR) is 125 cm³/mol. The summed E-state index contributed by atoms with van der Waals surface area (Å²) in [7, 11) is -3.60. The molecule has 0 amide bonds. The van der Waals surface area contributed by atoms with E-state index in [1.807, 2.05) is 25.1 Å². The standard InChI is InChI=1S/C20H22BrN5O2S2/c1-14-13-18(24-20(22-14)26-11-3-2-4-12-26)23-15-5-7-16(8-6-15)25-30(27,28)19-10-9-17(21)29-19/h5-10,13,25H,2-4,11-12H2,1H3,(H,22,23,24). The number of hydrogen-bond acceptors (Lipinski definition) is 7. The van der Waals surface area contributed by atoms with Gasteiger partial charge in [-0.1, -0.05) is 0 Å². The molecule has 0 aliphatic carbocycles. The first-order valence-electron chi connectivity index (χ1n) is 9.65. The number of halogens is 1. The third-order valence-corrected chi connectivity index (χ3v) is 8.20. The highest BCUT2D eigenvalue weighted by Crippen LogP contribution is 2.28. The van der Waals surface area contributed by atoms with Crippen molar-refractivity contribution in [1.82, 2.24) is 9.97 Å². The van der Waals surface area contributed by atoms with E-state index >= 15 is 0 Å². The van der Waals surface area contributed by atoms with Gasteiger partial charge in [0.25, 0.3) is 10.0 Å². The minimum atomic E-state index is -3.60. The second kappa shape index (κ2) is 8.91. The number of rotatable bonds is 6. The van der Waals surface area contributed by atoms with Gasteiger partial charge in [0.1, 0.15) is 10.0 Å². The van der Waals surface area contributed by atoms with Crippen LogP contribution in [0.3, 0.4) is 0 Å². The lowest BCUT2D eigenvalue weighted by atomic mass is 10.1. The molecule has 30 heavy (non-hydrogen) atoms. The summed E-state index contributed by atoms with van der Waals surface area (Å²) >= 11 is 4.46. The van der Waals surface area contributed by atoms with Crippen LogP contribution in [0.1, 0.15) is 25.0 Å². The fraction of sp³-hybridized carbons (Fsp3) is 0.300. The van der Waals surface area contributed by atoms with Gasteiger partial charge in [-0.25, -0.2) is 13.4 Å². The number of aromatic nitrogens is 2. The van der Waals surface area contributed by atoms with E-state index in [0.717, 1.165) is 40.0 Å². The zero-order valence-electron chi connectivity index (χ0n) is 16.4. The Morgan fingerprint density at radius 1 is 1.00 bits per heavy atom. The van der Waals surface area contributed by atoms with E-state index in [2.05, 4.69) is 40.8 Å². The summed E-state index contributed by atoms with van der Waals surface area (Å²) in [5.74, 6) is 1.48. The third kappa shape index (κ3) is 5.11. The molecule has 4 rings (SSSR count). The molecule has 1 aromatic carbocycles. The number of nitrogens with zero attached hydrogens (tertiary/aromatic N) is 3. The van der Waals surface area contributed by atoms with Gasteiger partial charge in [0.05, 0.1) is 3.79 Å². The van der Waals surface area contributed by atoms with Crippen molar-refractivity contribution in [2.75, 3.05) is 28.0 Å². The van der Waals surface area contributed by atoms with Gasteiger partial charge in [-0.2, -0.15) is 4.98 Å². The van der Waals surface area contributed by atoms with Crippen LogP contribution in [-0.4, -0.2) is 31.5 Å². The first-order valence-corrected chi connectivity index (χ1v) is 12.7. The minimum Gasteiger partial charge on any atom is -0.341 e. The molecule has 7 nitrogen and oxygen atoms in total. The van der Waals surface area contributed by atoms with Crippen molar-refractivity contribution in [2.45, 2.75) is 30.4 Å². The van der Waals surface area contributed by atoms with Gasteiger partial charge in [0.2, 0.25) is 5.95 Å².